The molecular formula is C13H24N4O. The van der Waals surface area contributed by atoms with Crippen LogP contribution < -0.4 is 15.8 Å². The van der Waals surface area contributed by atoms with Crippen molar-refractivity contribution < 1.29 is 4.74 Å². The van der Waals surface area contributed by atoms with Gasteiger partial charge in [-0.2, -0.15) is 4.98 Å². The van der Waals surface area contributed by atoms with Crippen LogP contribution in [0, 0.1) is 0 Å². The Hall–Kier alpha value is -1.52. The van der Waals surface area contributed by atoms with E-state index in [0.717, 1.165) is 25.7 Å². The summed E-state index contributed by atoms with van der Waals surface area (Å²) in [7, 11) is 0. The maximum Gasteiger partial charge on any atom is 0.242 e. The molecule has 0 radical (unpaired) electrons. The number of nitrogens with two attached hydrogens (primary N) is 1. The van der Waals surface area contributed by atoms with Gasteiger partial charge < -0.3 is 15.8 Å². The lowest BCUT2D eigenvalue weighted by Gasteiger charge is -2.18. The fourth-order valence-electron chi connectivity index (χ4n) is 1.73. The molecule has 1 aromatic heterocycles. The second-order valence-corrected chi connectivity index (χ2v) is 4.33. The normalized spacial score (nSPS) is 12.2. The van der Waals surface area contributed by atoms with Crippen molar-refractivity contribution in [3.8, 4) is 5.88 Å². The molecule has 0 bridgehead atoms. The van der Waals surface area contributed by atoms with Crippen molar-refractivity contribution in [1.82, 2.24) is 9.97 Å². The van der Waals surface area contributed by atoms with E-state index in [9.17, 15) is 0 Å². The number of aromatic nitrogens is 2. The summed E-state index contributed by atoms with van der Waals surface area (Å²) in [5, 5.41) is 3.36. The molecule has 0 aliphatic rings. The summed E-state index contributed by atoms with van der Waals surface area (Å²) < 4.78 is 5.49. The Morgan fingerprint density at radius 1 is 1.28 bits per heavy atom. The molecule has 102 valence electrons. The van der Waals surface area contributed by atoms with E-state index in [1.807, 2.05) is 6.92 Å². The maximum absolute atomic E-state index is 6.01. The minimum atomic E-state index is 0.395. The molecule has 1 unspecified atom stereocenters. The molecule has 0 aliphatic heterocycles. The molecule has 0 fully saturated rings. The van der Waals surface area contributed by atoms with Gasteiger partial charge >= 0.3 is 0 Å². The number of nitrogens with one attached hydrogen (secondary N) is 1. The van der Waals surface area contributed by atoms with Gasteiger partial charge in [0.2, 0.25) is 5.88 Å². The summed E-state index contributed by atoms with van der Waals surface area (Å²) in [6, 6.07) is 0.395. The molecule has 0 amide bonds. The Morgan fingerprint density at radius 2 is 2.06 bits per heavy atom. The zero-order valence-electron chi connectivity index (χ0n) is 11.6. The first-order valence-corrected chi connectivity index (χ1v) is 6.72. The predicted octanol–water partition coefficient (Wildman–Crippen LogP) is 2.84. The van der Waals surface area contributed by atoms with Gasteiger partial charge in [0.1, 0.15) is 12.0 Å². The number of rotatable bonds is 8. The fraction of sp³-hybridized carbons (Fsp3) is 0.692. The Labute approximate surface area is 109 Å². The summed E-state index contributed by atoms with van der Waals surface area (Å²) in [6.45, 7) is 6.99. The third-order valence-corrected chi connectivity index (χ3v) is 2.76. The molecule has 5 heteroatoms. The average molecular weight is 252 g/mol. The minimum absolute atomic E-state index is 0.395. The van der Waals surface area contributed by atoms with Crippen LogP contribution in [0.4, 0.5) is 11.5 Å². The lowest BCUT2D eigenvalue weighted by Crippen LogP contribution is -2.20. The third kappa shape index (κ3) is 4.05. The molecule has 0 aliphatic carbocycles. The van der Waals surface area contributed by atoms with Crippen LogP contribution in [0.5, 0.6) is 5.88 Å². The molecule has 1 rings (SSSR count). The Kier molecular flexibility index (Phi) is 6.25. The summed E-state index contributed by atoms with van der Waals surface area (Å²) >= 11 is 0. The monoisotopic (exact) mass is 252 g/mol. The van der Waals surface area contributed by atoms with Gasteiger partial charge in [-0.15, -0.1) is 0 Å². The molecule has 18 heavy (non-hydrogen) atoms. The maximum atomic E-state index is 6.01. The SMILES string of the molecule is CCCOc1ncnc(NC(CC)CCC)c1N. The first kappa shape index (κ1) is 14.5. The topological polar surface area (TPSA) is 73.1 Å². The van der Waals surface area contributed by atoms with Crippen LogP contribution >= 0.6 is 0 Å². The van der Waals surface area contributed by atoms with Gasteiger partial charge in [0, 0.05) is 6.04 Å². The molecule has 0 saturated carbocycles. The van der Waals surface area contributed by atoms with Gasteiger partial charge in [-0.1, -0.05) is 27.2 Å². The smallest absolute Gasteiger partial charge is 0.242 e. The number of nitrogen functional groups attached to an aromatic ring is 1. The summed E-state index contributed by atoms with van der Waals surface area (Å²) in [4.78, 5) is 8.25. The molecule has 5 nitrogen and oxygen atoms in total. The van der Waals surface area contributed by atoms with E-state index in [-0.39, 0.29) is 0 Å². The molecule has 0 saturated heterocycles. The summed E-state index contributed by atoms with van der Waals surface area (Å²) in [6.07, 6.45) is 5.70. The molecule has 0 spiro atoms. The number of hydrogen-bond acceptors (Lipinski definition) is 5. The van der Waals surface area contributed by atoms with Crippen LogP contribution in [0.1, 0.15) is 46.5 Å². The first-order valence-electron chi connectivity index (χ1n) is 6.72. The van der Waals surface area contributed by atoms with Gasteiger partial charge in [-0.3, -0.25) is 0 Å². The zero-order chi connectivity index (χ0) is 13.4. The lowest BCUT2D eigenvalue weighted by atomic mass is 10.1. The molecule has 3 N–H and O–H groups in total. The van der Waals surface area contributed by atoms with Gasteiger partial charge in [0.15, 0.2) is 5.82 Å². The van der Waals surface area contributed by atoms with Gasteiger partial charge in [-0.25, -0.2) is 4.98 Å². The van der Waals surface area contributed by atoms with Gasteiger partial charge in [0.25, 0.3) is 0 Å². The zero-order valence-corrected chi connectivity index (χ0v) is 11.6. The second-order valence-electron chi connectivity index (χ2n) is 4.33. The molecular weight excluding hydrogens is 228 g/mol. The van der Waals surface area contributed by atoms with E-state index in [1.165, 1.54) is 6.33 Å². The van der Waals surface area contributed by atoms with Crippen LogP contribution in [-0.4, -0.2) is 22.6 Å². The highest BCUT2D eigenvalue weighted by molar-refractivity contribution is 5.66. The fourth-order valence-corrected chi connectivity index (χ4v) is 1.73. The Bertz CT molecular complexity index is 357. The standard InChI is InChI=1S/C13H24N4O/c1-4-7-10(6-3)17-12-11(14)13(16-9-15-12)18-8-5-2/h9-10H,4-8,14H2,1-3H3,(H,15,16,17). The molecule has 1 heterocycles. The van der Waals surface area contributed by atoms with Gasteiger partial charge in [0.05, 0.1) is 6.61 Å². The van der Waals surface area contributed by atoms with Crippen LogP contribution in [0.3, 0.4) is 0 Å². The van der Waals surface area contributed by atoms with Crippen molar-refractivity contribution in [2.24, 2.45) is 0 Å². The Balaban J connectivity index is 2.75. The highest BCUT2D eigenvalue weighted by Crippen LogP contribution is 2.26. The van der Waals surface area contributed by atoms with E-state index in [1.54, 1.807) is 0 Å². The van der Waals surface area contributed by atoms with Crippen molar-refractivity contribution >= 4 is 11.5 Å². The number of anilines is 2. The minimum Gasteiger partial charge on any atom is -0.476 e. The van der Waals surface area contributed by atoms with Crippen molar-refractivity contribution in [2.75, 3.05) is 17.7 Å². The highest BCUT2D eigenvalue weighted by Gasteiger charge is 2.12. The second kappa shape index (κ2) is 7.74. The van der Waals surface area contributed by atoms with Crippen LogP contribution in [0.2, 0.25) is 0 Å². The van der Waals surface area contributed by atoms with Gasteiger partial charge in [-0.05, 0) is 19.3 Å². The number of hydrogen-bond donors (Lipinski definition) is 2. The molecule has 1 aromatic rings. The van der Waals surface area contributed by atoms with Crippen molar-refractivity contribution in [3.05, 3.63) is 6.33 Å². The largest absolute Gasteiger partial charge is 0.476 e. The quantitative estimate of drug-likeness (QED) is 0.744. The summed E-state index contributed by atoms with van der Waals surface area (Å²) in [5.74, 6) is 1.15. The number of ether oxygens (including phenoxy) is 1. The first-order chi connectivity index (χ1) is 8.72. The van der Waals surface area contributed by atoms with Crippen LogP contribution in [-0.2, 0) is 0 Å². The summed E-state index contributed by atoms with van der Waals surface area (Å²) in [5.41, 5.74) is 6.51. The highest BCUT2D eigenvalue weighted by atomic mass is 16.5. The van der Waals surface area contributed by atoms with E-state index < -0.39 is 0 Å². The van der Waals surface area contributed by atoms with E-state index >= 15 is 0 Å². The van der Waals surface area contributed by atoms with Crippen molar-refractivity contribution in [1.29, 1.82) is 0 Å². The van der Waals surface area contributed by atoms with E-state index in [4.69, 9.17) is 10.5 Å². The van der Waals surface area contributed by atoms with Crippen molar-refractivity contribution in [2.45, 2.75) is 52.5 Å². The molecule has 0 aromatic carbocycles. The third-order valence-electron chi connectivity index (χ3n) is 2.76. The van der Waals surface area contributed by atoms with Crippen LogP contribution in [0.15, 0.2) is 6.33 Å². The lowest BCUT2D eigenvalue weighted by molar-refractivity contribution is 0.306. The predicted molar refractivity (Wildman–Crippen MR) is 74.8 cm³/mol. The molecule has 1 atom stereocenters. The van der Waals surface area contributed by atoms with Crippen molar-refractivity contribution in [3.63, 3.8) is 0 Å². The van der Waals surface area contributed by atoms with Crippen LogP contribution in [0.25, 0.3) is 0 Å². The number of nitrogens with zero attached hydrogens (tertiary/aromatic N) is 2. The van der Waals surface area contributed by atoms with E-state index in [2.05, 4.69) is 29.1 Å². The Morgan fingerprint density at radius 3 is 2.67 bits per heavy atom. The average Bonchev–Trinajstić information content (AvgIpc) is 2.39. The van der Waals surface area contributed by atoms with E-state index in [0.29, 0.717) is 30.0 Å².